The van der Waals surface area contributed by atoms with Gasteiger partial charge in [0.2, 0.25) is 0 Å². The van der Waals surface area contributed by atoms with Crippen LogP contribution in [0, 0.1) is 16.2 Å². The summed E-state index contributed by atoms with van der Waals surface area (Å²) in [4.78, 5) is 35.8. The number of carbonyl (C=O) groups excluding carboxylic acids is 3. The molecule has 0 rings (SSSR count). The first-order valence-corrected chi connectivity index (χ1v) is 7.18. The molecule has 0 aromatic heterocycles. The molecule has 0 fully saturated rings. The molecule has 0 amide bonds. The summed E-state index contributed by atoms with van der Waals surface area (Å²) < 4.78 is 15.1. The molecule has 0 aromatic rings. The van der Waals surface area contributed by atoms with Crippen molar-refractivity contribution in [3.05, 3.63) is 0 Å². The molecule has 6 nitrogen and oxygen atoms in total. The van der Waals surface area contributed by atoms with Gasteiger partial charge in [0.15, 0.2) is 0 Å². The van der Waals surface area contributed by atoms with Crippen LogP contribution in [0.1, 0.15) is 62.3 Å². The predicted octanol–water partition coefficient (Wildman–Crippen LogP) is 2.09. The van der Waals surface area contributed by atoms with E-state index in [2.05, 4.69) is 0 Å². The minimum atomic E-state index is -1.69. The van der Waals surface area contributed by atoms with Crippen molar-refractivity contribution in [3.8, 4) is 0 Å². The molecule has 128 valence electrons. The molecule has 0 heterocycles. The van der Waals surface area contributed by atoms with Crippen LogP contribution in [0.2, 0.25) is 0 Å². The number of hydrogen-bond acceptors (Lipinski definition) is 6. The van der Waals surface area contributed by atoms with Crippen molar-refractivity contribution < 1.29 is 28.3 Å². The fourth-order valence-corrected chi connectivity index (χ4v) is 0.865. The molecule has 0 aliphatic rings. The van der Waals surface area contributed by atoms with Crippen molar-refractivity contribution in [3.63, 3.8) is 0 Å². The van der Waals surface area contributed by atoms with Crippen molar-refractivity contribution >= 4 is 54.8 Å². The summed E-state index contributed by atoms with van der Waals surface area (Å²) in [6.45, 7) is 14.8. The zero-order valence-corrected chi connectivity index (χ0v) is 15.0. The molecule has 8 heteroatoms. The Morgan fingerprint density at radius 2 is 0.739 bits per heavy atom. The second kappa shape index (κ2) is 8.54. The van der Waals surface area contributed by atoms with Gasteiger partial charge >= 0.3 is 36.9 Å². The molecule has 0 unspecified atom stereocenters. The van der Waals surface area contributed by atoms with Crippen molar-refractivity contribution in [1.82, 2.24) is 0 Å². The van der Waals surface area contributed by atoms with Crippen LogP contribution in [0.25, 0.3) is 0 Å². The van der Waals surface area contributed by atoms with Crippen LogP contribution >= 0.6 is 0 Å². The van der Waals surface area contributed by atoms with Crippen LogP contribution < -0.4 is 0 Å². The first-order valence-electron chi connectivity index (χ1n) is 7.18. The topological polar surface area (TPSA) is 78.9 Å². The van der Waals surface area contributed by atoms with E-state index in [0.717, 1.165) is 0 Å². The third kappa shape index (κ3) is 9.38. The fraction of sp³-hybridized carbons (Fsp3) is 0.800. The van der Waals surface area contributed by atoms with Gasteiger partial charge in [0.1, 0.15) is 0 Å². The molecule has 0 radical (unpaired) electrons. The van der Waals surface area contributed by atoms with Crippen LogP contribution in [0.5, 0.6) is 0 Å². The van der Waals surface area contributed by atoms with Crippen LogP contribution in [0.3, 0.4) is 0 Å². The van der Waals surface area contributed by atoms with E-state index in [1.165, 1.54) is 0 Å². The van der Waals surface area contributed by atoms with Gasteiger partial charge in [-0.2, -0.15) is 0 Å². The Labute approximate surface area is 161 Å². The van der Waals surface area contributed by atoms with Gasteiger partial charge in [0, 0.05) is 0 Å². The summed E-state index contributed by atoms with van der Waals surface area (Å²) in [6, 6.07) is 0. The Morgan fingerprint density at radius 3 is 0.870 bits per heavy atom. The number of carbonyl (C=O) groups is 3. The van der Waals surface area contributed by atoms with Gasteiger partial charge < -0.3 is 14.0 Å². The molecule has 0 N–H and O–H groups in total. The zero-order chi connectivity index (χ0) is 17.9. The van der Waals surface area contributed by atoms with Gasteiger partial charge in [-0.1, -0.05) is 0 Å². The summed E-state index contributed by atoms with van der Waals surface area (Å²) in [7, 11) is -1.69. The van der Waals surface area contributed by atoms with Crippen molar-refractivity contribution in [2.24, 2.45) is 16.2 Å². The first-order chi connectivity index (χ1) is 9.55. The standard InChI is InChI=1S/C15H27BO6.Na.H/c1-13(2,3)10(17)20-16(21-11(18)14(4,5)6)22-12(19)15(7,8)9;;/h1-9H3;;. The van der Waals surface area contributed by atoms with E-state index in [1.54, 1.807) is 62.3 Å². The van der Waals surface area contributed by atoms with Gasteiger partial charge in [-0.05, 0) is 62.3 Å². The van der Waals surface area contributed by atoms with Crippen LogP contribution in [-0.2, 0) is 28.3 Å². The van der Waals surface area contributed by atoms with Crippen LogP contribution in [0.4, 0.5) is 0 Å². The molecule has 23 heavy (non-hydrogen) atoms. The van der Waals surface area contributed by atoms with Crippen molar-refractivity contribution in [1.29, 1.82) is 0 Å². The fourth-order valence-electron chi connectivity index (χ4n) is 0.865. The van der Waals surface area contributed by atoms with E-state index in [4.69, 9.17) is 14.0 Å². The van der Waals surface area contributed by atoms with E-state index in [1.807, 2.05) is 0 Å². The summed E-state index contributed by atoms with van der Waals surface area (Å²) in [5.41, 5.74) is -2.46. The molecule has 0 aliphatic heterocycles. The Kier molecular flexibility index (Phi) is 9.18. The molecular formula is C15H28BNaO6. The average Bonchev–Trinajstić information content (AvgIpc) is 2.24. The predicted molar refractivity (Wildman–Crippen MR) is 89.5 cm³/mol. The van der Waals surface area contributed by atoms with Gasteiger partial charge in [0.05, 0.1) is 16.2 Å². The Bertz CT molecular complexity index is 376. The Morgan fingerprint density at radius 1 is 0.565 bits per heavy atom. The average molecular weight is 338 g/mol. The van der Waals surface area contributed by atoms with E-state index in [9.17, 15) is 14.4 Å². The molecule has 0 spiro atoms. The monoisotopic (exact) mass is 338 g/mol. The Hall–Kier alpha value is -0.525. The second-order valence-corrected chi connectivity index (χ2v) is 8.25. The number of hydrogen-bond donors (Lipinski definition) is 0. The van der Waals surface area contributed by atoms with E-state index < -0.39 is 41.5 Å². The van der Waals surface area contributed by atoms with Crippen molar-refractivity contribution in [2.75, 3.05) is 0 Å². The van der Waals surface area contributed by atoms with Gasteiger partial charge in [0.25, 0.3) is 17.9 Å². The third-order valence-electron chi connectivity index (χ3n) is 2.45. The molecule has 0 aliphatic carbocycles. The summed E-state index contributed by atoms with van der Waals surface area (Å²) in [5.74, 6) is -1.91. The quantitative estimate of drug-likeness (QED) is 0.733. The van der Waals surface area contributed by atoms with Crippen molar-refractivity contribution in [2.45, 2.75) is 62.3 Å². The zero-order valence-electron chi connectivity index (χ0n) is 15.0. The molecule has 0 bridgehead atoms. The molecular weight excluding hydrogens is 310 g/mol. The summed E-state index contributed by atoms with van der Waals surface area (Å²) in [6.07, 6.45) is 0. The SMILES string of the molecule is CC(C)(C)C(=O)OB(OC(=O)C(C)(C)C)OC(=O)C(C)(C)C.[NaH]. The molecule has 0 atom stereocenters. The molecule has 0 saturated heterocycles. The third-order valence-corrected chi connectivity index (χ3v) is 2.45. The number of rotatable bonds is 3. The first kappa shape index (κ1) is 24.7. The van der Waals surface area contributed by atoms with Gasteiger partial charge in [-0.25, -0.2) is 0 Å². The van der Waals surface area contributed by atoms with Gasteiger partial charge in [-0.3, -0.25) is 14.4 Å². The van der Waals surface area contributed by atoms with Crippen LogP contribution in [-0.4, -0.2) is 54.8 Å². The molecule has 0 aromatic carbocycles. The van der Waals surface area contributed by atoms with E-state index >= 15 is 0 Å². The molecule has 0 saturated carbocycles. The minimum absolute atomic E-state index is 0. The van der Waals surface area contributed by atoms with E-state index in [-0.39, 0.29) is 29.6 Å². The maximum atomic E-state index is 11.9. The summed E-state index contributed by atoms with van der Waals surface area (Å²) in [5, 5.41) is 0. The maximum absolute atomic E-state index is 11.9. The van der Waals surface area contributed by atoms with E-state index in [0.29, 0.717) is 0 Å². The second-order valence-electron chi connectivity index (χ2n) is 8.25. The van der Waals surface area contributed by atoms with Gasteiger partial charge in [-0.15, -0.1) is 0 Å². The summed E-state index contributed by atoms with van der Waals surface area (Å²) >= 11 is 0. The Balaban J connectivity index is 0. The normalized spacial score (nSPS) is 11.9. The van der Waals surface area contributed by atoms with Crippen LogP contribution in [0.15, 0.2) is 0 Å².